The molecule has 0 fully saturated rings. The molecule has 3 aromatic heterocycles. The molecule has 0 spiro atoms. The zero-order valence-corrected chi connectivity index (χ0v) is 29.1. The SMILES string of the molecule is CC(C)(C)c1cc(Oc2[c-]c3c(cc2)c2ccccc2n3-c2cc(-c3ccccc3)ccn2)[c-]c(-n2cc(-c3ccccc3)cn2)c1.[Pt+4]. The molecule has 0 N–H and O–H groups in total. The fourth-order valence-electron chi connectivity index (χ4n) is 6.02. The topological polar surface area (TPSA) is 44.9 Å². The van der Waals surface area contributed by atoms with Gasteiger partial charge >= 0.3 is 21.1 Å². The van der Waals surface area contributed by atoms with E-state index >= 15 is 0 Å². The summed E-state index contributed by atoms with van der Waals surface area (Å²) in [5.41, 5.74) is 8.17. The van der Waals surface area contributed by atoms with Gasteiger partial charge in [-0.1, -0.05) is 105 Å². The molecule has 0 unspecified atom stereocenters. The van der Waals surface area contributed by atoms with Crippen LogP contribution in [-0.2, 0) is 26.5 Å². The maximum atomic E-state index is 6.57. The van der Waals surface area contributed by atoms with Crippen molar-refractivity contribution < 1.29 is 25.8 Å². The molecule has 234 valence electrons. The molecule has 5 aromatic carbocycles. The minimum absolute atomic E-state index is 0. The molecule has 5 nitrogen and oxygen atoms in total. The van der Waals surface area contributed by atoms with Crippen LogP contribution in [-0.4, -0.2) is 19.3 Å². The van der Waals surface area contributed by atoms with Gasteiger partial charge in [0, 0.05) is 35.0 Å². The van der Waals surface area contributed by atoms with Gasteiger partial charge in [-0.05, 0) is 51.4 Å². The summed E-state index contributed by atoms with van der Waals surface area (Å²) in [5, 5.41) is 6.90. The van der Waals surface area contributed by atoms with Crippen molar-refractivity contribution in [3.05, 3.63) is 158 Å². The van der Waals surface area contributed by atoms with Crippen molar-refractivity contribution in [2.75, 3.05) is 0 Å². The Hall–Kier alpha value is -5.25. The summed E-state index contributed by atoms with van der Waals surface area (Å²) in [6, 6.07) is 48.5. The third-order valence-corrected chi connectivity index (χ3v) is 8.49. The van der Waals surface area contributed by atoms with Gasteiger partial charge in [-0.15, -0.1) is 41.3 Å². The van der Waals surface area contributed by atoms with Gasteiger partial charge < -0.3 is 9.30 Å². The van der Waals surface area contributed by atoms with E-state index in [0.717, 1.165) is 61.1 Å². The van der Waals surface area contributed by atoms with Crippen LogP contribution in [0.2, 0.25) is 0 Å². The second-order valence-electron chi connectivity index (χ2n) is 12.7. The molecule has 8 aromatic rings. The van der Waals surface area contributed by atoms with Gasteiger partial charge in [-0.3, -0.25) is 4.68 Å². The molecule has 0 aliphatic heterocycles. The Bertz CT molecular complexity index is 2370. The first kappa shape index (κ1) is 31.4. The summed E-state index contributed by atoms with van der Waals surface area (Å²) in [5.74, 6) is 2.02. The molecular weight excluding hydrogens is 772 g/mol. The third kappa shape index (κ3) is 5.98. The summed E-state index contributed by atoms with van der Waals surface area (Å²) < 4.78 is 10.6. The van der Waals surface area contributed by atoms with Crippen molar-refractivity contribution in [1.29, 1.82) is 0 Å². The zero-order chi connectivity index (χ0) is 32.0. The summed E-state index contributed by atoms with van der Waals surface area (Å²) in [6.07, 6.45) is 5.78. The summed E-state index contributed by atoms with van der Waals surface area (Å²) >= 11 is 0. The molecule has 0 saturated heterocycles. The molecule has 6 heteroatoms. The summed E-state index contributed by atoms with van der Waals surface area (Å²) in [4.78, 5) is 4.82. The van der Waals surface area contributed by atoms with E-state index in [0.29, 0.717) is 11.5 Å². The standard InChI is InChI=1S/C42H32N4O.Pt/c1-42(2,3)33-23-34(45-28-32(27-44-45)30-14-8-5-9-15-30)25-36(24-33)47-35-18-19-38-37-16-10-11-17-39(37)46(40(38)26-35)41-22-31(20-21-43-41)29-12-6-4-7-13-29;/h4-24,27-28H,1-3H3;/q-2;+4. The van der Waals surface area contributed by atoms with E-state index in [4.69, 9.17) is 9.72 Å². The molecule has 8 rings (SSSR count). The van der Waals surface area contributed by atoms with Crippen LogP contribution in [0.5, 0.6) is 11.5 Å². The predicted molar refractivity (Wildman–Crippen MR) is 189 cm³/mol. The van der Waals surface area contributed by atoms with E-state index in [1.807, 2.05) is 59.7 Å². The van der Waals surface area contributed by atoms with Gasteiger partial charge in [-0.2, -0.15) is 11.2 Å². The van der Waals surface area contributed by atoms with Gasteiger partial charge in [0.15, 0.2) is 0 Å². The molecule has 0 amide bonds. The summed E-state index contributed by atoms with van der Waals surface area (Å²) in [7, 11) is 0. The van der Waals surface area contributed by atoms with Crippen LogP contribution in [0.3, 0.4) is 0 Å². The van der Waals surface area contributed by atoms with Crippen molar-refractivity contribution >= 4 is 21.8 Å². The number of hydrogen-bond donors (Lipinski definition) is 0. The second kappa shape index (κ2) is 12.7. The number of para-hydroxylation sites is 1. The Labute approximate surface area is 294 Å². The minimum atomic E-state index is -0.118. The number of fused-ring (bicyclic) bond motifs is 3. The first-order chi connectivity index (χ1) is 22.9. The van der Waals surface area contributed by atoms with E-state index in [2.05, 4.69) is 127 Å². The van der Waals surface area contributed by atoms with Crippen LogP contribution in [0.25, 0.3) is 55.6 Å². The number of pyridine rings is 1. The van der Waals surface area contributed by atoms with Crippen LogP contribution < -0.4 is 4.74 Å². The Morgan fingerprint density at radius 1 is 0.646 bits per heavy atom. The Morgan fingerprint density at radius 2 is 1.35 bits per heavy atom. The number of nitrogens with zero attached hydrogens (tertiary/aromatic N) is 4. The van der Waals surface area contributed by atoms with Crippen molar-refractivity contribution in [2.45, 2.75) is 26.2 Å². The maximum Gasteiger partial charge on any atom is 4.00 e. The molecule has 0 aliphatic rings. The third-order valence-electron chi connectivity index (χ3n) is 8.49. The van der Waals surface area contributed by atoms with Gasteiger partial charge in [0.05, 0.1) is 6.20 Å². The number of rotatable bonds is 6. The van der Waals surface area contributed by atoms with Crippen LogP contribution >= 0.6 is 0 Å². The average molecular weight is 804 g/mol. The molecule has 0 saturated carbocycles. The van der Waals surface area contributed by atoms with E-state index in [1.54, 1.807) is 0 Å². The van der Waals surface area contributed by atoms with E-state index in [9.17, 15) is 0 Å². The number of ether oxygens (including phenoxy) is 1. The first-order valence-corrected chi connectivity index (χ1v) is 15.7. The maximum absolute atomic E-state index is 6.57. The number of benzene rings is 5. The smallest absolute Gasteiger partial charge is 0.509 e. The van der Waals surface area contributed by atoms with Gasteiger partial charge in [0.1, 0.15) is 5.82 Å². The van der Waals surface area contributed by atoms with Crippen molar-refractivity contribution in [1.82, 2.24) is 19.3 Å². The van der Waals surface area contributed by atoms with Crippen molar-refractivity contribution in [3.63, 3.8) is 0 Å². The quantitative estimate of drug-likeness (QED) is 0.157. The van der Waals surface area contributed by atoms with Crippen LogP contribution in [0.1, 0.15) is 26.3 Å². The van der Waals surface area contributed by atoms with Crippen molar-refractivity contribution in [2.24, 2.45) is 0 Å². The second-order valence-corrected chi connectivity index (χ2v) is 12.7. The van der Waals surface area contributed by atoms with Gasteiger partial charge in [0.25, 0.3) is 0 Å². The molecule has 0 aliphatic carbocycles. The Balaban J connectivity index is 0.00000364. The Kier molecular flexibility index (Phi) is 8.33. The average Bonchev–Trinajstić information content (AvgIpc) is 3.72. The largest absolute Gasteiger partial charge is 4.00 e. The fourth-order valence-corrected chi connectivity index (χ4v) is 6.02. The van der Waals surface area contributed by atoms with Crippen molar-refractivity contribution in [3.8, 4) is 45.3 Å². The summed E-state index contributed by atoms with van der Waals surface area (Å²) in [6.45, 7) is 6.59. The van der Waals surface area contributed by atoms with E-state index < -0.39 is 0 Å². The Morgan fingerprint density at radius 3 is 2.10 bits per heavy atom. The zero-order valence-electron chi connectivity index (χ0n) is 26.8. The van der Waals surface area contributed by atoms with E-state index in [1.165, 1.54) is 0 Å². The molecule has 3 heterocycles. The minimum Gasteiger partial charge on any atom is -0.509 e. The van der Waals surface area contributed by atoms with Crippen LogP contribution in [0.15, 0.2) is 140 Å². The molecule has 48 heavy (non-hydrogen) atoms. The van der Waals surface area contributed by atoms with Crippen LogP contribution in [0, 0.1) is 12.1 Å². The number of aromatic nitrogens is 4. The normalized spacial score (nSPS) is 11.5. The molecular formula is C42H32N4OPt+2. The fraction of sp³-hybridized carbons (Fsp3) is 0.0952. The predicted octanol–water partition coefficient (Wildman–Crippen LogP) is 10.4. The van der Waals surface area contributed by atoms with E-state index in [-0.39, 0.29) is 26.5 Å². The van der Waals surface area contributed by atoms with Crippen LogP contribution in [0.4, 0.5) is 0 Å². The first-order valence-electron chi connectivity index (χ1n) is 15.7. The molecule has 0 atom stereocenters. The molecule has 0 bridgehead atoms. The molecule has 0 radical (unpaired) electrons. The monoisotopic (exact) mass is 803 g/mol. The van der Waals surface area contributed by atoms with Gasteiger partial charge in [-0.25, -0.2) is 4.98 Å². The number of hydrogen-bond acceptors (Lipinski definition) is 3. The van der Waals surface area contributed by atoms with Gasteiger partial charge in [0.2, 0.25) is 0 Å².